The Labute approximate surface area is 174 Å². The number of rotatable bonds is 3. The van der Waals surface area contributed by atoms with E-state index in [4.69, 9.17) is 0 Å². The van der Waals surface area contributed by atoms with Crippen molar-refractivity contribution in [2.45, 2.75) is 44.4 Å². The number of piperidine rings is 1. The van der Waals surface area contributed by atoms with Crippen molar-refractivity contribution < 1.29 is 27.9 Å². The predicted molar refractivity (Wildman–Crippen MR) is 101 cm³/mol. The predicted octanol–water partition coefficient (Wildman–Crippen LogP) is 1.91. The highest BCUT2D eigenvalue weighted by molar-refractivity contribution is 5.99. The number of pyridine rings is 1. The zero-order valence-corrected chi connectivity index (χ0v) is 16.2. The van der Waals surface area contributed by atoms with Gasteiger partial charge in [0, 0.05) is 43.0 Å². The van der Waals surface area contributed by atoms with Gasteiger partial charge in [-0.15, -0.1) is 0 Å². The second kappa shape index (κ2) is 6.86. The van der Waals surface area contributed by atoms with Crippen molar-refractivity contribution in [2.24, 2.45) is 5.92 Å². The van der Waals surface area contributed by atoms with Crippen LogP contribution in [0.15, 0.2) is 23.1 Å². The second-order valence-corrected chi connectivity index (χ2v) is 8.26. The van der Waals surface area contributed by atoms with Crippen molar-refractivity contribution in [1.82, 2.24) is 14.8 Å². The smallest absolute Gasteiger partial charge is 0.275 e. The Morgan fingerprint density at radius 1 is 1.16 bits per heavy atom. The second-order valence-electron chi connectivity index (χ2n) is 8.26. The lowest BCUT2D eigenvalue weighted by molar-refractivity contribution is 0.0482. The number of hydrogen-bond donors (Lipinski definition) is 2. The molecule has 2 N–H and O–H groups in total. The molecule has 1 saturated heterocycles. The molecule has 0 spiro atoms. The molecule has 10 heteroatoms. The summed E-state index contributed by atoms with van der Waals surface area (Å²) in [5.41, 5.74) is -2.21. The Hall–Kier alpha value is -3.30. The van der Waals surface area contributed by atoms with Gasteiger partial charge >= 0.3 is 0 Å². The highest BCUT2D eigenvalue weighted by atomic mass is 19.1. The van der Waals surface area contributed by atoms with E-state index in [1.54, 1.807) is 4.90 Å². The maximum absolute atomic E-state index is 13.8. The van der Waals surface area contributed by atoms with Gasteiger partial charge in [-0.05, 0) is 25.2 Å². The number of aromatic nitrogens is 1. The average Bonchev–Trinajstić information content (AvgIpc) is 3.31. The average molecular weight is 433 g/mol. The van der Waals surface area contributed by atoms with Crippen LogP contribution in [0.1, 0.15) is 45.7 Å². The Balaban J connectivity index is 1.44. The van der Waals surface area contributed by atoms with Crippen molar-refractivity contribution in [3.8, 4) is 5.75 Å². The van der Waals surface area contributed by atoms with E-state index < -0.39 is 58.1 Å². The van der Waals surface area contributed by atoms with E-state index in [2.05, 4.69) is 5.32 Å². The molecule has 1 saturated carbocycles. The Morgan fingerprint density at radius 2 is 1.87 bits per heavy atom. The zero-order chi connectivity index (χ0) is 22.0. The van der Waals surface area contributed by atoms with Gasteiger partial charge in [0.1, 0.15) is 23.0 Å². The summed E-state index contributed by atoms with van der Waals surface area (Å²) in [6, 6.07) is 1.02. The highest BCUT2D eigenvalue weighted by Crippen LogP contribution is 2.45. The monoisotopic (exact) mass is 433 g/mol. The van der Waals surface area contributed by atoms with E-state index in [0.29, 0.717) is 24.6 Å². The minimum absolute atomic E-state index is 0.0565. The summed E-state index contributed by atoms with van der Waals surface area (Å²) in [6.07, 6.45) is 3.99. The Bertz CT molecular complexity index is 1170. The van der Waals surface area contributed by atoms with Gasteiger partial charge in [-0.2, -0.15) is 0 Å². The minimum atomic E-state index is -1.18. The Kier molecular flexibility index (Phi) is 4.35. The van der Waals surface area contributed by atoms with Crippen LogP contribution >= 0.6 is 0 Å². The first-order valence-electron chi connectivity index (χ1n) is 9.97. The topological polar surface area (TPSA) is 91.6 Å². The Morgan fingerprint density at radius 3 is 2.58 bits per heavy atom. The van der Waals surface area contributed by atoms with Gasteiger partial charge in [-0.1, -0.05) is 0 Å². The standard InChI is InChI=1S/C21H18F3N3O4/c22-10-4-14(23)12(15(24)5-10)6-25-20(30)13-7-26-8-16-9-1-2-11(3-9)27(16)21(31)17(26)19(29)18(13)28/h4-5,7,9,11,16,29H,1-3,6,8H2,(H,25,30)/t9-,11+,16-/m0/s1. The number of halogens is 3. The first-order valence-corrected chi connectivity index (χ1v) is 9.97. The molecular formula is C21H18F3N3O4. The van der Waals surface area contributed by atoms with E-state index in [1.165, 1.54) is 10.8 Å². The molecule has 1 aliphatic carbocycles. The SMILES string of the molecule is O=C(NCc1c(F)cc(F)cc1F)c1cn2c(c(O)c1=O)C(=O)N1[C@@H]3CC[C@@H](C3)[C@@H]1C2. The van der Waals surface area contributed by atoms with Crippen molar-refractivity contribution in [2.75, 3.05) is 0 Å². The van der Waals surface area contributed by atoms with Crippen LogP contribution in [0.5, 0.6) is 5.75 Å². The molecule has 0 radical (unpaired) electrons. The van der Waals surface area contributed by atoms with E-state index >= 15 is 0 Å². The third kappa shape index (κ3) is 2.92. The lowest BCUT2D eigenvalue weighted by Crippen LogP contribution is -2.52. The van der Waals surface area contributed by atoms with Crippen LogP contribution in [-0.2, 0) is 13.1 Å². The van der Waals surface area contributed by atoms with E-state index in [9.17, 15) is 32.7 Å². The first kappa shape index (κ1) is 19.7. The van der Waals surface area contributed by atoms with Crippen LogP contribution in [0, 0.1) is 23.4 Å². The van der Waals surface area contributed by atoms with Crippen molar-refractivity contribution in [3.63, 3.8) is 0 Å². The van der Waals surface area contributed by atoms with Crippen LogP contribution in [0.2, 0.25) is 0 Å². The summed E-state index contributed by atoms with van der Waals surface area (Å²) < 4.78 is 42.0. The largest absolute Gasteiger partial charge is 0.503 e. The first-order chi connectivity index (χ1) is 14.8. The molecule has 0 unspecified atom stereocenters. The molecule has 2 amide bonds. The summed E-state index contributed by atoms with van der Waals surface area (Å²) in [4.78, 5) is 39.8. The normalized spacial score (nSPS) is 23.6. The number of fused-ring (bicyclic) bond motifs is 6. The summed E-state index contributed by atoms with van der Waals surface area (Å²) in [5.74, 6) is -5.33. The molecule has 5 rings (SSSR count). The number of carbonyl (C=O) groups excluding carboxylic acids is 2. The summed E-state index contributed by atoms with van der Waals surface area (Å²) in [6.45, 7) is -0.282. The molecule has 2 bridgehead atoms. The molecule has 31 heavy (non-hydrogen) atoms. The van der Waals surface area contributed by atoms with Crippen LogP contribution < -0.4 is 10.7 Å². The van der Waals surface area contributed by atoms with Crippen molar-refractivity contribution in [1.29, 1.82) is 0 Å². The lowest BCUT2D eigenvalue weighted by atomic mass is 9.95. The molecule has 2 aromatic rings. The molecular weight excluding hydrogens is 415 g/mol. The third-order valence-electron chi connectivity index (χ3n) is 6.59. The fourth-order valence-electron chi connectivity index (χ4n) is 5.15. The van der Waals surface area contributed by atoms with Gasteiger partial charge in [-0.25, -0.2) is 13.2 Å². The van der Waals surface area contributed by atoms with E-state index in [-0.39, 0.29) is 17.8 Å². The number of nitrogens with one attached hydrogen (secondary N) is 1. The number of hydrogen-bond acceptors (Lipinski definition) is 4. The van der Waals surface area contributed by atoms with Gasteiger partial charge < -0.3 is 19.9 Å². The molecule has 162 valence electrons. The van der Waals surface area contributed by atoms with E-state index in [0.717, 1.165) is 19.3 Å². The van der Waals surface area contributed by atoms with Gasteiger partial charge in [-0.3, -0.25) is 14.4 Å². The number of amides is 2. The van der Waals surface area contributed by atoms with E-state index in [1.807, 2.05) is 0 Å². The van der Waals surface area contributed by atoms with Gasteiger partial charge in [0.25, 0.3) is 11.8 Å². The fourth-order valence-corrected chi connectivity index (χ4v) is 5.15. The molecule has 2 fully saturated rings. The van der Waals surface area contributed by atoms with Gasteiger partial charge in [0.2, 0.25) is 5.43 Å². The lowest BCUT2D eigenvalue weighted by Gasteiger charge is -2.40. The minimum Gasteiger partial charge on any atom is -0.503 e. The summed E-state index contributed by atoms with van der Waals surface area (Å²) >= 11 is 0. The molecule has 3 atom stereocenters. The number of aromatic hydroxyl groups is 1. The molecule has 2 aliphatic heterocycles. The molecule has 3 aliphatic rings. The molecule has 7 nitrogen and oxygen atoms in total. The zero-order valence-electron chi connectivity index (χ0n) is 16.2. The van der Waals surface area contributed by atoms with Crippen LogP contribution in [-0.4, -0.2) is 38.5 Å². The van der Waals surface area contributed by atoms with Crippen molar-refractivity contribution in [3.05, 3.63) is 62.8 Å². The van der Waals surface area contributed by atoms with Crippen LogP contribution in [0.25, 0.3) is 0 Å². The fraction of sp³-hybridized carbons (Fsp3) is 0.381. The maximum atomic E-state index is 13.8. The molecule has 1 aromatic heterocycles. The van der Waals surface area contributed by atoms with Crippen LogP contribution in [0.3, 0.4) is 0 Å². The quantitative estimate of drug-likeness (QED) is 0.774. The highest BCUT2D eigenvalue weighted by Gasteiger charge is 2.51. The van der Waals surface area contributed by atoms with Gasteiger partial charge in [0.15, 0.2) is 11.4 Å². The van der Waals surface area contributed by atoms with Gasteiger partial charge in [0.05, 0.1) is 6.04 Å². The van der Waals surface area contributed by atoms with Crippen molar-refractivity contribution >= 4 is 11.8 Å². The maximum Gasteiger partial charge on any atom is 0.275 e. The summed E-state index contributed by atoms with van der Waals surface area (Å²) in [7, 11) is 0. The summed E-state index contributed by atoms with van der Waals surface area (Å²) in [5, 5.41) is 12.6. The van der Waals surface area contributed by atoms with Crippen LogP contribution in [0.4, 0.5) is 13.2 Å². The number of carbonyl (C=O) groups is 2. The number of benzene rings is 1. The molecule has 1 aromatic carbocycles. The number of nitrogens with zero attached hydrogens (tertiary/aromatic N) is 2. The molecule has 3 heterocycles. The third-order valence-corrected chi connectivity index (χ3v) is 6.59.